The molecule has 3 rings (SSSR count). The van der Waals surface area contributed by atoms with Gasteiger partial charge >= 0.3 is 6.09 Å². The van der Waals surface area contributed by atoms with Crippen molar-refractivity contribution in [1.29, 1.82) is 0 Å². The molecule has 0 aliphatic carbocycles. The van der Waals surface area contributed by atoms with Gasteiger partial charge in [-0.25, -0.2) is 4.79 Å². The summed E-state index contributed by atoms with van der Waals surface area (Å²) in [6, 6.07) is 26.5. The van der Waals surface area contributed by atoms with E-state index in [0.717, 1.165) is 16.7 Å². The number of alkyl carbamates (subject to hydrolysis) is 1. The second-order valence-electron chi connectivity index (χ2n) is 9.58. The SMILES string of the molecule is CC(C)[C@H](NC(=O)OCc1ccccc1)C(=O)N[C@@H](Cc1ccccc1)[C@H](O)[C@@H](N)Cc1ccccc1. The minimum atomic E-state index is -1.01. The Morgan fingerprint density at radius 3 is 1.78 bits per heavy atom. The number of ether oxygens (including phenoxy) is 1. The largest absolute Gasteiger partial charge is 0.445 e. The standard InChI is InChI=1S/C30H37N3O4/c1-21(2)27(33-30(36)37-20-24-16-10-5-11-17-24)29(35)32-26(19-23-14-8-4-9-15-23)28(34)25(31)18-22-12-6-3-7-13-22/h3-17,21,25-28,34H,18-20,31H2,1-2H3,(H,32,35)(H,33,36)/t25-,26-,27-,28+/m0/s1. The van der Waals surface area contributed by atoms with Gasteiger partial charge in [-0.05, 0) is 35.4 Å². The number of rotatable bonds is 12. The monoisotopic (exact) mass is 503 g/mol. The van der Waals surface area contributed by atoms with E-state index in [1.807, 2.05) is 105 Å². The fourth-order valence-corrected chi connectivity index (χ4v) is 4.13. The zero-order valence-corrected chi connectivity index (χ0v) is 21.4. The molecule has 0 saturated carbocycles. The molecule has 7 nitrogen and oxygen atoms in total. The van der Waals surface area contributed by atoms with Gasteiger partial charge in [-0.15, -0.1) is 0 Å². The molecule has 5 N–H and O–H groups in total. The van der Waals surface area contributed by atoms with E-state index in [1.165, 1.54) is 0 Å². The van der Waals surface area contributed by atoms with Crippen LogP contribution in [0.15, 0.2) is 91.0 Å². The zero-order chi connectivity index (χ0) is 26.6. The quantitative estimate of drug-likeness (QED) is 0.302. The molecular weight excluding hydrogens is 466 g/mol. The third-order valence-corrected chi connectivity index (χ3v) is 6.23. The highest BCUT2D eigenvalue weighted by Gasteiger charge is 2.31. The fraction of sp³-hybridized carbons (Fsp3) is 0.333. The van der Waals surface area contributed by atoms with Crippen molar-refractivity contribution in [2.24, 2.45) is 11.7 Å². The van der Waals surface area contributed by atoms with E-state index in [-0.39, 0.29) is 12.5 Å². The summed E-state index contributed by atoms with van der Waals surface area (Å²) in [7, 11) is 0. The van der Waals surface area contributed by atoms with Crippen LogP contribution in [0.3, 0.4) is 0 Å². The molecule has 37 heavy (non-hydrogen) atoms. The maximum absolute atomic E-state index is 13.3. The summed E-state index contributed by atoms with van der Waals surface area (Å²) in [5.74, 6) is -0.615. The Bertz CT molecular complexity index is 1090. The number of nitrogens with one attached hydrogen (secondary N) is 2. The number of nitrogens with two attached hydrogens (primary N) is 1. The van der Waals surface area contributed by atoms with Crippen LogP contribution >= 0.6 is 0 Å². The maximum Gasteiger partial charge on any atom is 0.408 e. The van der Waals surface area contributed by atoms with Crippen molar-refractivity contribution in [2.75, 3.05) is 0 Å². The van der Waals surface area contributed by atoms with E-state index in [9.17, 15) is 14.7 Å². The summed E-state index contributed by atoms with van der Waals surface area (Å²) in [5, 5.41) is 16.8. The number of carbonyl (C=O) groups is 2. The molecule has 0 spiro atoms. The topological polar surface area (TPSA) is 114 Å². The van der Waals surface area contributed by atoms with Gasteiger partial charge in [-0.2, -0.15) is 0 Å². The average molecular weight is 504 g/mol. The van der Waals surface area contributed by atoms with Gasteiger partial charge in [0, 0.05) is 6.04 Å². The molecular formula is C30H37N3O4. The van der Waals surface area contributed by atoms with Crippen molar-refractivity contribution in [3.63, 3.8) is 0 Å². The molecule has 3 aromatic carbocycles. The number of aliphatic hydroxyl groups excluding tert-OH is 1. The smallest absolute Gasteiger partial charge is 0.408 e. The Balaban J connectivity index is 1.68. The third-order valence-electron chi connectivity index (χ3n) is 6.23. The summed E-state index contributed by atoms with van der Waals surface area (Å²) in [5.41, 5.74) is 9.20. The van der Waals surface area contributed by atoms with E-state index < -0.39 is 36.2 Å². The number of hydrogen-bond donors (Lipinski definition) is 4. The highest BCUT2D eigenvalue weighted by atomic mass is 16.5. The van der Waals surface area contributed by atoms with Crippen molar-refractivity contribution in [3.8, 4) is 0 Å². The molecule has 4 atom stereocenters. The number of benzene rings is 3. The average Bonchev–Trinajstić information content (AvgIpc) is 2.91. The Labute approximate surface area is 219 Å². The van der Waals surface area contributed by atoms with E-state index in [1.54, 1.807) is 0 Å². The molecule has 196 valence electrons. The van der Waals surface area contributed by atoms with Gasteiger partial charge < -0.3 is 26.2 Å². The van der Waals surface area contributed by atoms with Crippen LogP contribution < -0.4 is 16.4 Å². The lowest BCUT2D eigenvalue weighted by Crippen LogP contribution is -2.58. The fourth-order valence-electron chi connectivity index (χ4n) is 4.13. The first-order valence-electron chi connectivity index (χ1n) is 12.6. The van der Waals surface area contributed by atoms with Gasteiger partial charge in [-0.1, -0.05) is 105 Å². The van der Waals surface area contributed by atoms with Crippen LogP contribution in [0.1, 0.15) is 30.5 Å². The Kier molecular flexibility index (Phi) is 10.7. The van der Waals surface area contributed by atoms with Gasteiger partial charge in [0.25, 0.3) is 0 Å². The molecule has 2 amide bonds. The van der Waals surface area contributed by atoms with Crippen LogP contribution in [-0.2, 0) is 29.0 Å². The first-order chi connectivity index (χ1) is 17.8. The minimum Gasteiger partial charge on any atom is -0.445 e. The Morgan fingerprint density at radius 2 is 1.27 bits per heavy atom. The first-order valence-corrected chi connectivity index (χ1v) is 12.6. The molecule has 0 bridgehead atoms. The molecule has 7 heteroatoms. The van der Waals surface area contributed by atoms with E-state index in [0.29, 0.717) is 12.8 Å². The highest BCUT2D eigenvalue weighted by Crippen LogP contribution is 2.13. The van der Waals surface area contributed by atoms with Crippen LogP contribution in [-0.4, -0.2) is 41.3 Å². The molecule has 0 aromatic heterocycles. The number of aliphatic hydroxyl groups is 1. The van der Waals surface area contributed by atoms with Crippen LogP contribution in [0, 0.1) is 5.92 Å². The van der Waals surface area contributed by atoms with Crippen LogP contribution in [0.4, 0.5) is 4.79 Å². The predicted octanol–water partition coefficient (Wildman–Crippen LogP) is 3.60. The van der Waals surface area contributed by atoms with Gasteiger partial charge in [0.2, 0.25) is 5.91 Å². The number of amides is 2. The summed E-state index contributed by atoms with van der Waals surface area (Å²) in [6.07, 6.45) is -0.846. The second-order valence-corrected chi connectivity index (χ2v) is 9.58. The lowest BCUT2D eigenvalue weighted by molar-refractivity contribution is -0.125. The van der Waals surface area contributed by atoms with E-state index >= 15 is 0 Å². The van der Waals surface area contributed by atoms with Gasteiger partial charge in [0.15, 0.2) is 0 Å². The van der Waals surface area contributed by atoms with E-state index in [2.05, 4.69) is 10.6 Å². The predicted molar refractivity (Wildman–Crippen MR) is 145 cm³/mol. The highest BCUT2D eigenvalue weighted by molar-refractivity contribution is 5.86. The summed E-state index contributed by atoms with van der Waals surface area (Å²) in [4.78, 5) is 25.8. The maximum atomic E-state index is 13.3. The van der Waals surface area contributed by atoms with Crippen LogP contribution in [0.5, 0.6) is 0 Å². The van der Waals surface area contributed by atoms with E-state index in [4.69, 9.17) is 10.5 Å². The molecule has 0 unspecified atom stereocenters. The summed E-state index contributed by atoms with van der Waals surface area (Å²) >= 11 is 0. The third kappa shape index (κ3) is 9.04. The second kappa shape index (κ2) is 14.2. The molecule has 0 heterocycles. The van der Waals surface area contributed by atoms with Crippen LogP contribution in [0.25, 0.3) is 0 Å². The Morgan fingerprint density at radius 1 is 0.784 bits per heavy atom. The Hall–Kier alpha value is -3.68. The van der Waals surface area contributed by atoms with Crippen LogP contribution in [0.2, 0.25) is 0 Å². The zero-order valence-electron chi connectivity index (χ0n) is 21.4. The van der Waals surface area contributed by atoms with Crippen molar-refractivity contribution >= 4 is 12.0 Å². The number of hydrogen-bond acceptors (Lipinski definition) is 5. The summed E-state index contributed by atoms with van der Waals surface area (Å²) in [6.45, 7) is 3.78. The van der Waals surface area contributed by atoms with Gasteiger partial charge in [-0.3, -0.25) is 4.79 Å². The molecule has 0 radical (unpaired) electrons. The lowest BCUT2D eigenvalue weighted by Gasteiger charge is -2.31. The first kappa shape index (κ1) is 27.9. The lowest BCUT2D eigenvalue weighted by atomic mass is 9.92. The van der Waals surface area contributed by atoms with Crippen molar-refractivity contribution < 1.29 is 19.4 Å². The molecule has 0 aliphatic rings. The van der Waals surface area contributed by atoms with Crippen molar-refractivity contribution in [3.05, 3.63) is 108 Å². The summed E-state index contributed by atoms with van der Waals surface area (Å²) < 4.78 is 5.31. The van der Waals surface area contributed by atoms with Gasteiger partial charge in [0.1, 0.15) is 12.6 Å². The molecule has 3 aromatic rings. The molecule has 0 aliphatic heterocycles. The minimum absolute atomic E-state index is 0.1000. The van der Waals surface area contributed by atoms with Gasteiger partial charge in [0.05, 0.1) is 12.1 Å². The van der Waals surface area contributed by atoms with Crippen molar-refractivity contribution in [2.45, 2.75) is 57.5 Å². The number of carbonyl (C=O) groups excluding carboxylic acids is 2. The van der Waals surface area contributed by atoms with Crippen molar-refractivity contribution in [1.82, 2.24) is 10.6 Å². The molecule has 0 fully saturated rings. The normalized spacial score (nSPS) is 14.3. The molecule has 0 saturated heterocycles.